The van der Waals surface area contributed by atoms with Crippen LogP contribution in [0.4, 0.5) is 0 Å². The van der Waals surface area contributed by atoms with E-state index in [4.69, 9.17) is 0 Å². The fraction of sp³-hybridized carbons (Fsp3) is 0.423. The molecule has 2 aromatic heterocycles. The number of nitrogens with one attached hydrogen (secondary N) is 3. The maximum Gasteiger partial charge on any atom is 0.305 e. The Balaban J connectivity index is 1.42. The number of aliphatic carboxylic acids is 1. The van der Waals surface area contributed by atoms with Crippen molar-refractivity contribution in [2.24, 2.45) is 0 Å². The number of rotatable bonds is 12. The van der Waals surface area contributed by atoms with Crippen LogP contribution in [-0.4, -0.2) is 94.3 Å². The van der Waals surface area contributed by atoms with Gasteiger partial charge in [-0.05, 0) is 42.2 Å². The van der Waals surface area contributed by atoms with Gasteiger partial charge >= 0.3 is 5.97 Å². The minimum Gasteiger partial charge on any atom is -0.481 e. The van der Waals surface area contributed by atoms with Crippen LogP contribution < -0.4 is 10.6 Å². The summed E-state index contributed by atoms with van der Waals surface area (Å²) in [5.41, 5.74) is 1.12. The van der Waals surface area contributed by atoms with E-state index in [1.165, 1.54) is 29.0 Å². The van der Waals surface area contributed by atoms with Crippen molar-refractivity contribution in [2.45, 2.75) is 63.7 Å². The van der Waals surface area contributed by atoms with Gasteiger partial charge in [0.15, 0.2) is 11.6 Å². The predicted octanol–water partition coefficient (Wildman–Crippen LogP) is -0.285. The molecule has 0 saturated carbocycles. The van der Waals surface area contributed by atoms with Gasteiger partial charge in [-0.3, -0.25) is 24.0 Å². The summed E-state index contributed by atoms with van der Waals surface area (Å²) in [5.74, 6) is -3.14. The number of amides is 3. The highest BCUT2D eigenvalue weighted by Gasteiger charge is 2.35. The van der Waals surface area contributed by atoms with E-state index in [9.17, 15) is 29.1 Å². The zero-order valence-electron chi connectivity index (χ0n) is 22.4. The second-order valence-corrected chi connectivity index (χ2v) is 9.74. The number of carboxylic acids is 1. The summed E-state index contributed by atoms with van der Waals surface area (Å²) in [7, 11) is 0. The van der Waals surface area contributed by atoms with Gasteiger partial charge < -0.3 is 25.6 Å². The molecule has 1 fully saturated rings. The zero-order chi connectivity index (χ0) is 29.4. The summed E-state index contributed by atoms with van der Waals surface area (Å²) in [6.07, 6.45) is 4.00. The molecule has 3 aromatic rings. The molecule has 3 atom stereocenters. The van der Waals surface area contributed by atoms with Gasteiger partial charge in [-0.1, -0.05) is 30.3 Å². The lowest BCUT2D eigenvalue weighted by molar-refractivity contribution is -0.143. The first kappa shape index (κ1) is 29.0. The maximum atomic E-state index is 13.3. The van der Waals surface area contributed by atoms with Crippen LogP contribution in [0, 0.1) is 0 Å². The van der Waals surface area contributed by atoms with E-state index in [0.29, 0.717) is 31.5 Å². The molecule has 1 aromatic carbocycles. The number of aromatic nitrogens is 6. The number of imidazole rings is 1. The van der Waals surface area contributed by atoms with E-state index in [1.54, 1.807) is 0 Å². The Labute approximate surface area is 234 Å². The molecule has 0 spiro atoms. The Kier molecular flexibility index (Phi) is 9.50. The van der Waals surface area contributed by atoms with Crippen molar-refractivity contribution < 1.29 is 29.1 Å². The molecular weight excluding hydrogens is 534 g/mol. The van der Waals surface area contributed by atoms with E-state index < -0.39 is 54.0 Å². The van der Waals surface area contributed by atoms with Crippen LogP contribution in [0.25, 0.3) is 0 Å². The summed E-state index contributed by atoms with van der Waals surface area (Å²) in [4.78, 5) is 71.6. The highest BCUT2D eigenvalue weighted by molar-refractivity contribution is 5.98. The molecule has 1 aliphatic rings. The Hall–Kier alpha value is -4.95. The van der Waals surface area contributed by atoms with E-state index in [1.807, 2.05) is 30.3 Å². The smallest absolute Gasteiger partial charge is 0.305 e. The number of carbonyl (C=O) groups excluding carboxylic acids is 4. The molecule has 4 N–H and O–H groups in total. The largest absolute Gasteiger partial charge is 0.481 e. The van der Waals surface area contributed by atoms with Crippen molar-refractivity contribution in [1.29, 1.82) is 0 Å². The van der Waals surface area contributed by atoms with Crippen LogP contribution in [0.1, 0.15) is 54.5 Å². The molecule has 3 amide bonds. The SMILES string of the molecule is CC(C(=O)NC(CC(=O)O)C(=O)Cn1nnnc1Cc1ccccc1)N1CCCCC(NC(=O)c2cnc[nH]2)C1=O. The number of carbonyl (C=O) groups is 5. The molecule has 4 rings (SSSR count). The first-order chi connectivity index (χ1) is 19.7. The molecule has 3 heterocycles. The van der Waals surface area contributed by atoms with E-state index in [0.717, 1.165) is 5.56 Å². The number of likely N-dealkylation sites (tertiary alicyclic amines) is 1. The van der Waals surface area contributed by atoms with E-state index in [2.05, 4.69) is 36.1 Å². The van der Waals surface area contributed by atoms with Gasteiger partial charge in [0.25, 0.3) is 5.91 Å². The number of Topliss-reactive ketones (excluding diaryl/α,β-unsaturated/α-hetero) is 1. The van der Waals surface area contributed by atoms with Gasteiger partial charge in [-0.2, -0.15) is 0 Å². The number of H-pyrrole nitrogens is 1. The number of hydrogen-bond donors (Lipinski definition) is 4. The molecule has 0 aliphatic carbocycles. The van der Waals surface area contributed by atoms with Crippen molar-refractivity contribution in [3.63, 3.8) is 0 Å². The average Bonchev–Trinajstić information content (AvgIpc) is 3.61. The number of aromatic amines is 1. The summed E-state index contributed by atoms with van der Waals surface area (Å²) in [5, 5.41) is 26.0. The van der Waals surface area contributed by atoms with E-state index >= 15 is 0 Å². The summed E-state index contributed by atoms with van der Waals surface area (Å²) >= 11 is 0. The molecule has 15 nitrogen and oxygen atoms in total. The summed E-state index contributed by atoms with van der Waals surface area (Å²) in [6, 6.07) is 6.08. The monoisotopic (exact) mass is 565 g/mol. The third kappa shape index (κ3) is 7.58. The Morgan fingerprint density at radius 1 is 1.17 bits per heavy atom. The maximum absolute atomic E-state index is 13.3. The molecular formula is C26H31N9O6. The summed E-state index contributed by atoms with van der Waals surface area (Å²) in [6.45, 7) is 1.40. The minimum absolute atomic E-state index is 0.198. The predicted molar refractivity (Wildman–Crippen MR) is 141 cm³/mol. The molecule has 0 bridgehead atoms. The number of hydrogen-bond acceptors (Lipinski definition) is 9. The number of ketones is 1. The zero-order valence-corrected chi connectivity index (χ0v) is 22.4. The average molecular weight is 566 g/mol. The standard InChI is InChI=1S/C26H31N9O6/c1-16(34-10-6-5-9-18(26(34)41)29-25(40)20-13-27-15-28-20)24(39)30-19(12-23(37)38)21(36)14-35-22(31-32-33-35)11-17-7-3-2-4-8-17/h2-4,7-8,13,15-16,18-19H,5-6,9-12,14H2,1H3,(H,27,28)(H,29,40)(H,30,39)(H,37,38). The van der Waals surface area contributed by atoms with Crippen LogP contribution in [0.15, 0.2) is 42.9 Å². The Bertz CT molecular complexity index is 1380. The van der Waals surface area contributed by atoms with Crippen LogP contribution in [-0.2, 0) is 32.1 Å². The Morgan fingerprint density at radius 2 is 1.95 bits per heavy atom. The van der Waals surface area contributed by atoms with Crippen molar-refractivity contribution in [1.82, 2.24) is 45.7 Å². The topological polar surface area (TPSA) is 205 Å². The quantitative estimate of drug-likeness (QED) is 0.226. The van der Waals surface area contributed by atoms with Crippen LogP contribution in [0.3, 0.4) is 0 Å². The molecule has 1 aliphatic heterocycles. The molecule has 0 radical (unpaired) electrons. The number of benzene rings is 1. The lowest BCUT2D eigenvalue weighted by atomic mass is 10.1. The van der Waals surface area contributed by atoms with Crippen LogP contribution in [0.5, 0.6) is 0 Å². The lowest BCUT2D eigenvalue weighted by Gasteiger charge is -2.30. The number of carboxylic acid groups (broad SMARTS) is 1. The molecule has 216 valence electrons. The first-order valence-electron chi connectivity index (χ1n) is 13.2. The highest BCUT2D eigenvalue weighted by atomic mass is 16.4. The second kappa shape index (κ2) is 13.4. The van der Waals surface area contributed by atoms with Gasteiger partial charge in [-0.25, -0.2) is 9.67 Å². The third-order valence-corrected chi connectivity index (χ3v) is 6.82. The van der Waals surface area contributed by atoms with Crippen molar-refractivity contribution >= 4 is 29.5 Å². The minimum atomic E-state index is -1.38. The van der Waals surface area contributed by atoms with Crippen LogP contribution in [0.2, 0.25) is 0 Å². The van der Waals surface area contributed by atoms with E-state index in [-0.39, 0.29) is 18.8 Å². The van der Waals surface area contributed by atoms with Gasteiger partial charge in [0, 0.05) is 13.0 Å². The van der Waals surface area contributed by atoms with Crippen LogP contribution >= 0.6 is 0 Å². The van der Waals surface area contributed by atoms with Crippen molar-refractivity contribution in [3.05, 3.63) is 59.9 Å². The van der Waals surface area contributed by atoms with Crippen molar-refractivity contribution in [3.8, 4) is 0 Å². The van der Waals surface area contributed by atoms with Crippen molar-refractivity contribution in [2.75, 3.05) is 6.54 Å². The lowest BCUT2D eigenvalue weighted by Crippen LogP contribution is -2.56. The molecule has 41 heavy (non-hydrogen) atoms. The van der Waals surface area contributed by atoms with Gasteiger partial charge in [-0.15, -0.1) is 5.10 Å². The molecule has 1 saturated heterocycles. The van der Waals surface area contributed by atoms with Gasteiger partial charge in [0.2, 0.25) is 11.8 Å². The Morgan fingerprint density at radius 3 is 2.66 bits per heavy atom. The number of tetrazole rings is 1. The fourth-order valence-electron chi connectivity index (χ4n) is 4.56. The van der Waals surface area contributed by atoms with Gasteiger partial charge in [0.1, 0.15) is 24.3 Å². The summed E-state index contributed by atoms with van der Waals surface area (Å²) < 4.78 is 1.27. The number of nitrogens with zero attached hydrogens (tertiary/aromatic N) is 6. The first-order valence-corrected chi connectivity index (χ1v) is 13.2. The third-order valence-electron chi connectivity index (χ3n) is 6.82. The molecule has 3 unspecified atom stereocenters. The van der Waals surface area contributed by atoms with Gasteiger partial charge in [0.05, 0.1) is 25.0 Å². The fourth-order valence-corrected chi connectivity index (χ4v) is 4.56. The normalized spacial score (nSPS) is 16.9. The highest BCUT2D eigenvalue weighted by Crippen LogP contribution is 2.16. The second-order valence-electron chi connectivity index (χ2n) is 9.74. The molecule has 15 heteroatoms.